The molecule has 66 valence electrons. The lowest BCUT2D eigenvalue weighted by Gasteiger charge is -2.09. The molecule has 4 nitrogen and oxygen atoms in total. The molecule has 3 N–H and O–H groups in total. The van der Waals surface area contributed by atoms with Crippen LogP contribution in [0.4, 0.5) is 0 Å². The molecule has 1 atom stereocenters. The fourth-order valence-corrected chi connectivity index (χ4v) is 0.770. The lowest BCUT2D eigenvalue weighted by atomic mass is 10.3. The van der Waals surface area contributed by atoms with E-state index < -0.39 is 0 Å². The molecule has 0 saturated carbocycles. The van der Waals surface area contributed by atoms with Crippen LogP contribution in [0.5, 0.6) is 0 Å². The lowest BCUT2D eigenvalue weighted by Crippen LogP contribution is -2.33. The molecule has 1 rings (SSSR count). The van der Waals surface area contributed by atoms with Gasteiger partial charge in [-0.2, -0.15) is 0 Å². The number of aromatic nitrogens is 2. The maximum atomic E-state index is 5.43. The van der Waals surface area contributed by atoms with Gasteiger partial charge in [-0.1, -0.05) is 0 Å². The highest BCUT2D eigenvalue weighted by molar-refractivity contribution is 4.88. The van der Waals surface area contributed by atoms with Gasteiger partial charge in [0.15, 0.2) is 0 Å². The molecule has 1 aromatic rings. The van der Waals surface area contributed by atoms with Gasteiger partial charge in [0.2, 0.25) is 0 Å². The number of nitrogens with one attached hydrogen (secondary N) is 1. The SMILES string of the molecule is C[C@H](CN)NCc1ncccn1. The number of hydrogen-bond acceptors (Lipinski definition) is 4. The fraction of sp³-hybridized carbons (Fsp3) is 0.500. The zero-order valence-corrected chi connectivity index (χ0v) is 7.20. The smallest absolute Gasteiger partial charge is 0.141 e. The predicted molar refractivity (Wildman–Crippen MR) is 47.4 cm³/mol. The monoisotopic (exact) mass is 166 g/mol. The quantitative estimate of drug-likeness (QED) is 0.656. The number of nitrogens with two attached hydrogens (primary N) is 1. The topological polar surface area (TPSA) is 63.8 Å². The van der Waals surface area contributed by atoms with Crippen LogP contribution in [0.2, 0.25) is 0 Å². The number of rotatable bonds is 4. The molecular weight excluding hydrogens is 152 g/mol. The van der Waals surface area contributed by atoms with Crippen molar-refractivity contribution in [3.8, 4) is 0 Å². The average molecular weight is 166 g/mol. The molecule has 0 radical (unpaired) electrons. The van der Waals surface area contributed by atoms with Crippen molar-refractivity contribution in [2.45, 2.75) is 19.5 Å². The lowest BCUT2D eigenvalue weighted by molar-refractivity contribution is 0.543. The van der Waals surface area contributed by atoms with Crippen LogP contribution in [0.3, 0.4) is 0 Å². The summed E-state index contributed by atoms with van der Waals surface area (Å²) < 4.78 is 0. The van der Waals surface area contributed by atoms with E-state index in [0.717, 1.165) is 5.82 Å². The summed E-state index contributed by atoms with van der Waals surface area (Å²) in [7, 11) is 0. The van der Waals surface area contributed by atoms with Gasteiger partial charge in [-0.25, -0.2) is 9.97 Å². The van der Waals surface area contributed by atoms with Gasteiger partial charge in [0, 0.05) is 25.0 Å². The van der Waals surface area contributed by atoms with E-state index in [-0.39, 0.29) is 0 Å². The Morgan fingerprint density at radius 2 is 2.17 bits per heavy atom. The second-order valence-electron chi connectivity index (χ2n) is 2.68. The standard InChI is InChI=1S/C8H14N4/c1-7(5-9)12-6-8-10-3-2-4-11-8/h2-4,7,12H,5-6,9H2,1H3/t7-/m1/s1. The molecule has 12 heavy (non-hydrogen) atoms. The van der Waals surface area contributed by atoms with Crippen molar-refractivity contribution in [2.24, 2.45) is 5.73 Å². The van der Waals surface area contributed by atoms with Gasteiger partial charge in [-0.15, -0.1) is 0 Å². The van der Waals surface area contributed by atoms with E-state index in [1.165, 1.54) is 0 Å². The highest BCUT2D eigenvalue weighted by atomic mass is 15.0. The van der Waals surface area contributed by atoms with Crippen LogP contribution in [0.1, 0.15) is 12.7 Å². The Balaban J connectivity index is 2.33. The maximum absolute atomic E-state index is 5.43. The van der Waals surface area contributed by atoms with E-state index in [0.29, 0.717) is 19.1 Å². The van der Waals surface area contributed by atoms with Gasteiger partial charge in [0.05, 0.1) is 6.54 Å². The van der Waals surface area contributed by atoms with E-state index in [1.807, 2.05) is 6.92 Å². The first-order chi connectivity index (χ1) is 5.83. The van der Waals surface area contributed by atoms with E-state index in [4.69, 9.17) is 5.73 Å². The van der Waals surface area contributed by atoms with Gasteiger partial charge in [0.25, 0.3) is 0 Å². The van der Waals surface area contributed by atoms with Gasteiger partial charge in [-0.3, -0.25) is 0 Å². The van der Waals surface area contributed by atoms with Crippen molar-refractivity contribution in [1.29, 1.82) is 0 Å². The van der Waals surface area contributed by atoms with Crippen LogP contribution in [0.15, 0.2) is 18.5 Å². The third kappa shape index (κ3) is 2.94. The molecule has 0 aliphatic heterocycles. The van der Waals surface area contributed by atoms with Crippen LogP contribution in [-0.4, -0.2) is 22.6 Å². The number of hydrogen-bond donors (Lipinski definition) is 2. The first kappa shape index (κ1) is 9.09. The minimum Gasteiger partial charge on any atom is -0.329 e. The molecule has 0 spiro atoms. The Bertz CT molecular complexity index is 212. The summed E-state index contributed by atoms with van der Waals surface area (Å²) in [5.41, 5.74) is 5.43. The molecule has 0 amide bonds. The predicted octanol–water partition coefficient (Wildman–Crippen LogP) is -0.0866. The molecule has 0 unspecified atom stereocenters. The summed E-state index contributed by atoms with van der Waals surface area (Å²) in [4.78, 5) is 8.14. The number of nitrogens with zero attached hydrogens (tertiary/aromatic N) is 2. The van der Waals surface area contributed by atoms with Gasteiger partial charge in [0.1, 0.15) is 5.82 Å². The van der Waals surface area contributed by atoms with Gasteiger partial charge >= 0.3 is 0 Å². The van der Waals surface area contributed by atoms with E-state index >= 15 is 0 Å². The summed E-state index contributed by atoms with van der Waals surface area (Å²) in [6.07, 6.45) is 3.47. The third-order valence-corrected chi connectivity index (χ3v) is 1.58. The zero-order valence-electron chi connectivity index (χ0n) is 7.20. The van der Waals surface area contributed by atoms with Crippen molar-refractivity contribution >= 4 is 0 Å². The molecular formula is C8H14N4. The van der Waals surface area contributed by atoms with Crippen molar-refractivity contribution in [1.82, 2.24) is 15.3 Å². The van der Waals surface area contributed by atoms with Crippen LogP contribution in [0, 0.1) is 0 Å². The van der Waals surface area contributed by atoms with Gasteiger partial charge in [-0.05, 0) is 13.0 Å². The molecule has 0 aliphatic rings. The average Bonchev–Trinajstić information content (AvgIpc) is 2.16. The molecule has 0 fully saturated rings. The second-order valence-corrected chi connectivity index (χ2v) is 2.68. The first-order valence-corrected chi connectivity index (χ1v) is 4.02. The third-order valence-electron chi connectivity index (χ3n) is 1.58. The summed E-state index contributed by atoms with van der Waals surface area (Å²) >= 11 is 0. The van der Waals surface area contributed by atoms with Crippen molar-refractivity contribution in [2.75, 3.05) is 6.54 Å². The van der Waals surface area contributed by atoms with Crippen molar-refractivity contribution in [3.05, 3.63) is 24.3 Å². The molecule has 0 aromatic carbocycles. The van der Waals surface area contributed by atoms with Crippen LogP contribution in [0.25, 0.3) is 0 Å². The largest absolute Gasteiger partial charge is 0.329 e. The Hall–Kier alpha value is -1.00. The molecule has 0 saturated heterocycles. The summed E-state index contributed by atoms with van der Waals surface area (Å²) in [5.74, 6) is 0.804. The Kier molecular flexibility index (Phi) is 3.63. The van der Waals surface area contributed by atoms with Crippen LogP contribution < -0.4 is 11.1 Å². The minimum absolute atomic E-state index is 0.314. The second kappa shape index (κ2) is 4.79. The maximum Gasteiger partial charge on any atom is 0.141 e. The highest BCUT2D eigenvalue weighted by Crippen LogP contribution is 1.87. The molecule has 1 heterocycles. The van der Waals surface area contributed by atoms with E-state index in [9.17, 15) is 0 Å². The summed E-state index contributed by atoms with van der Waals surface area (Å²) in [6, 6.07) is 2.12. The van der Waals surface area contributed by atoms with Crippen LogP contribution >= 0.6 is 0 Å². The highest BCUT2D eigenvalue weighted by Gasteiger charge is 1.98. The van der Waals surface area contributed by atoms with E-state index in [1.54, 1.807) is 18.5 Å². The minimum atomic E-state index is 0.314. The van der Waals surface area contributed by atoms with Crippen molar-refractivity contribution in [3.63, 3.8) is 0 Å². The van der Waals surface area contributed by atoms with Crippen molar-refractivity contribution < 1.29 is 0 Å². The Morgan fingerprint density at radius 3 is 2.75 bits per heavy atom. The molecule has 1 aromatic heterocycles. The van der Waals surface area contributed by atoms with Crippen LogP contribution in [-0.2, 0) is 6.54 Å². The zero-order chi connectivity index (χ0) is 8.81. The summed E-state index contributed by atoms with van der Waals surface area (Å²) in [5, 5.41) is 3.20. The van der Waals surface area contributed by atoms with E-state index in [2.05, 4.69) is 15.3 Å². The molecule has 4 heteroatoms. The molecule has 0 bridgehead atoms. The molecule has 0 aliphatic carbocycles. The normalized spacial score (nSPS) is 12.8. The Morgan fingerprint density at radius 1 is 1.50 bits per heavy atom. The van der Waals surface area contributed by atoms with Gasteiger partial charge < -0.3 is 11.1 Å². The fourth-order valence-electron chi connectivity index (χ4n) is 0.770. The summed E-state index contributed by atoms with van der Waals surface area (Å²) in [6.45, 7) is 3.34. The Labute approximate surface area is 72.2 Å². The first-order valence-electron chi connectivity index (χ1n) is 4.02.